The van der Waals surface area contributed by atoms with Gasteiger partial charge in [-0.2, -0.15) is 0 Å². The van der Waals surface area contributed by atoms with Gasteiger partial charge in [-0.1, -0.05) is 25.1 Å². The molecule has 0 bridgehead atoms. The lowest BCUT2D eigenvalue weighted by molar-refractivity contribution is -0.132. The highest BCUT2D eigenvalue weighted by Crippen LogP contribution is 2.33. The summed E-state index contributed by atoms with van der Waals surface area (Å²) < 4.78 is 7.04. The molecular weight excluding hydrogens is 318 g/mol. The van der Waals surface area contributed by atoms with Crippen molar-refractivity contribution >= 4 is 5.91 Å². The largest absolute Gasteiger partial charge is 0.361 e. The number of carbonyl (C=O) groups excluding carboxylic acids is 1. The first-order chi connectivity index (χ1) is 12.0. The first-order valence-electron chi connectivity index (χ1n) is 8.90. The fourth-order valence-corrected chi connectivity index (χ4v) is 3.37. The van der Waals surface area contributed by atoms with Gasteiger partial charge in [0.05, 0.1) is 6.04 Å². The van der Waals surface area contributed by atoms with Crippen LogP contribution in [0.2, 0.25) is 0 Å². The van der Waals surface area contributed by atoms with Crippen molar-refractivity contribution in [1.82, 2.24) is 14.6 Å². The molecule has 1 aliphatic heterocycles. The van der Waals surface area contributed by atoms with E-state index in [4.69, 9.17) is 4.52 Å². The predicted molar refractivity (Wildman–Crippen MR) is 94.3 cm³/mol. The lowest BCUT2D eigenvalue weighted by Gasteiger charge is -2.23. The van der Waals surface area contributed by atoms with E-state index in [1.54, 1.807) is 10.6 Å². The fraction of sp³-hybridized carbons (Fsp3) is 0.526. The number of aromatic nitrogens is 2. The van der Waals surface area contributed by atoms with Crippen molar-refractivity contribution in [1.29, 1.82) is 0 Å². The van der Waals surface area contributed by atoms with Gasteiger partial charge in [0.2, 0.25) is 5.91 Å². The van der Waals surface area contributed by atoms with E-state index in [1.807, 2.05) is 24.0 Å². The molecule has 0 aromatic carbocycles. The van der Waals surface area contributed by atoms with Crippen LogP contribution in [0.3, 0.4) is 0 Å². The standard InChI is InChI=1S/C19H25N3O3/c1-13(2)17-12-15(20-25-17)16-7-5-10-22(16)19(24)9-11-21-14(3)6-4-8-18(21)23/h4,6,8,12-13,16H,5,7,9-11H2,1-3H3. The minimum absolute atomic E-state index is 0.0163. The molecule has 1 atom stereocenters. The zero-order chi connectivity index (χ0) is 18.0. The van der Waals surface area contributed by atoms with Crippen molar-refractivity contribution in [2.75, 3.05) is 6.54 Å². The molecule has 134 valence electrons. The van der Waals surface area contributed by atoms with Gasteiger partial charge in [0.1, 0.15) is 11.5 Å². The van der Waals surface area contributed by atoms with Gasteiger partial charge in [0.25, 0.3) is 5.56 Å². The molecular formula is C19H25N3O3. The molecule has 1 aliphatic rings. The first kappa shape index (κ1) is 17.5. The molecule has 2 aromatic heterocycles. The van der Waals surface area contributed by atoms with Crippen molar-refractivity contribution in [2.24, 2.45) is 0 Å². The van der Waals surface area contributed by atoms with Gasteiger partial charge in [-0.25, -0.2) is 0 Å². The Morgan fingerprint density at radius 3 is 2.88 bits per heavy atom. The third-order valence-electron chi connectivity index (χ3n) is 4.85. The Bertz CT molecular complexity index is 806. The number of hydrogen-bond donors (Lipinski definition) is 0. The molecule has 6 heteroatoms. The summed E-state index contributed by atoms with van der Waals surface area (Å²) in [6, 6.07) is 7.10. The van der Waals surface area contributed by atoms with Crippen LogP contribution in [0.5, 0.6) is 0 Å². The zero-order valence-corrected chi connectivity index (χ0v) is 15.1. The van der Waals surface area contributed by atoms with Crippen LogP contribution in [-0.2, 0) is 11.3 Å². The molecule has 0 spiro atoms. The van der Waals surface area contributed by atoms with E-state index in [2.05, 4.69) is 19.0 Å². The van der Waals surface area contributed by atoms with Gasteiger partial charge < -0.3 is 14.0 Å². The summed E-state index contributed by atoms with van der Waals surface area (Å²) in [6.45, 7) is 7.14. The lowest BCUT2D eigenvalue weighted by atomic mass is 10.1. The van der Waals surface area contributed by atoms with E-state index in [0.717, 1.165) is 36.5 Å². The van der Waals surface area contributed by atoms with Crippen LogP contribution >= 0.6 is 0 Å². The second-order valence-electron chi connectivity index (χ2n) is 6.96. The van der Waals surface area contributed by atoms with Gasteiger partial charge in [-0.05, 0) is 25.8 Å². The molecule has 1 saturated heterocycles. The second kappa shape index (κ2) is 7.25. The summed E-state index contributed by atoms with van der Waals surface area (Å²) in [7, 11) is 0. The number of carbonyl (C=O) groups is 1. The Balaban J connectivity index is 1.69. The third kappa shape index (κ3) is 3.67. The van der Waals surface area contributed by atoms with E-state index in [1.165, 1.54) is 6.07 Å². The highest BCUT2D eigenvalue weighted by molar-refractivity contribution is 5.77. The van der Waals surface area contributed by atoms with E-state index in [-0.39, 0.29) is 23.4 Å². The number of pyridine rings is 1. The van der Waals surface area contributed by atoms with Crippen LogP contribution in [0, 0.1) is 6.92 Å². The molecule has 25 heavy (non-hydrogen) atoms. The maximum Gasteiger partial charge on any atom is 0.250 e. The summed E-state index contributed by atoms with van der Waals surface area (Å²) >= 11 is 0. The van der Waals surface area contributed by atoms with E-state index >= 15 is 0 Å². The van der Waals surface area contributed by atoms with Crippen LogP contribution < -0.4 is 5.56 Å². The van der Waals surface area contributed by atoms with Gasteiger partial charge >= 0.3 is 0 Å². The van der Waals surface area contributed by atoms with Crippen molar-refractivity contribution < 1.29 is 9.32 Å². The number of nitrogens with zero attached hydrogens (tertiary/aromatic N) is 3. The van der Waals surface area contributed by atoms with Crippen LogP contribution in [0.25, 0.3) is 0 Å². The zero-order valence-electron chi connectivity index (χ0n) is 15.1. The first-order valence-corrected chi connectivity index (χ1v) is 8.90. The van der Waals surface area contributed by atoms with Gasteiger partial charge in [-0.3, -0.25) is 9.59 Å². The smallest absolute Gasteiger partial charge is 0.250 e. The molecule has 3 heterocycles. The Labute approximate surface area is 147 Å². The van der Waals surface area contributed by atoms with Crippen molar-refractivity contribution in [3.05, 3.63) is 51.8 Å². The molecule has 2 aromatic rings. The number of aryl methyl sites for hydroxylation is 1. The number of amides is 1. The maximum atomic E-state index is 12.7. The quantitative estimate of drug-likeness (QED) is 0.837. The molecule has 1 fully saturated rings. The number of rotatable bonds is 5. The highest BCUT2D eigenvalue weighted by atomic mass is 16.5. The Hall–Kier alpha value is -2.37. The Kier molecular flexibility index (Phi) is 5.06. The molecule has 0 radical (unpaired) electrons. The Morgan fingerprint density at radius 1 is 1.40 bits per heavy atom. The van der Waals surface area contributed by atoms with E-state index in [9.17, 15) is 9.59 Å². The summed E-state index contributed by atoms with van der Waals surface area (Å²) in [5.41, 5.74) is 1.64. The van der Waals surface area contributed by atoms with E-state index in [0.29, 0.717) is 13.0 Å². The third-order valence-corrected chi connectivity index (χ3v) is 4.85. The fourth-order valence-electron chi connectivity index (χ4n) is 3.37. The summed E-state index contributed by atoms with van der Waals surface area (Å²) in [6.07, 6.45) is 2.18. The summed E-state index contributed by atoms with van der Waals surface area (Å²) in [5, 5.41) is 4.17. The molecule has 1 amide bonds. The molecule has 0 N–H and O–H groups in total. The van der Waals surface area contributed by atoms with Crippen molar-refractivity contribution in [2.45, 2.75) is 58.5 Å². The summed E-state index contributed by atoms with van der Waals surface area (Å²) in [5.74, 6) is 1.19. The molecule has 0 saturated carbocycles. The maximum absolute atomic E-state index is 12.7. The second-order valence-corrected chi connectivity index (χ2v) is 6.96. The van der Waals surface area contributed by atoms with Gasteiger partial charge in [-0.15, -0.1) is 0 Å². The normalized spacial score (nSPS) is 17.4. The molecule has 0 aliphatic carbocycles. The molecule has 1 unspecified atom stereocenters. The average molecular weight is 343 g/mol. The summed E-state index contributed by atoms with van der Waals surface area (Å²) in [4.78, 5) is 26.5. The Morgan fingerprint density at radius 2 is 2.20 bits per heavy atom. The number of hydrogen-bond acceptors (Lipinski definition) is 4. The van der Waals surface area contributed by atoms with Crippen LogP contribution in [0.15, 0.2) is 33.6 Å². The molecule has 6 nitrogen and oxygen atoms in total. The lowest BCUT2D eigenvalue weighted by Crippen LogP contribution is -2.32. The van der Waals surface area contributed by atoms with Crippen LogP contribution in [0.1, 0.15) is 62.2 Å². The highest BCUT2D eigenvalue weighted by Gasteiger charge is 2.32. The average Bonchev–Trinajstić information content (AvgIpc) is 3.23. The monoisotopic (exact) mass is 343 g/mol. The number of likely N-dealkylation sites (tertiary alicyclic amines) is 1. The minimum atomic E-state index is -0.0659. The van der Waals surface area contributed by atoms with Crippen LogP contribution in [-0.4, -0.2) is 27.1 Å². The van der Waals surface area contributed by atoms with Crippen molar-refractivity contribution in [3.8, 4) is 0 Å². The van der Waals surface area contributed by atoms with E-state index < -0.39 is 0 Å². The minimum Gasteiger partial charge on any atom is -0.361 e. The van der Waals surface area contributed by atoms with Crippen LogP contribution in [0.4, 0.5) is 0 Å². The topological polar surface area (TPSA) is 68.3 Å². The van der Waals surface area contributed by atoms with Gasteiger partial charge in [0.15, 0.2) is 0 Å². The van der Waals surface area contributed by atoms with Crippen molar-refractivity contribution in [3.63, 3.8) is 0 Å². The SMILES string of the molecule is Cc1cccc(=O)n1CCC(=O)N1CCCC1c1cc(C(C)C)on1. The molecule has 3 rings (SSSR count). The predicted octanol–water partition coefficient (Wildman–Crippen LogP) is 3.02. The van der Waals surface area contributed by atoms with Gasteiger partial charge in [0, 0.05) is 43.3 Å².